The predicted molar refractivity (Wildman–Crippen MR) is 75.7 cm³/mol. The van der Waals surface area contributed by atoms with E-state index in [0.717, 1.165) is 5.56 Å². The van der Waals surface area contributed by atoms with Crippen LogP contribution in [0.25, 0.3) is 0 Å². The van der Waals surface area contributed by atoms with Gasteiger partial charge in [0.15, 0.2) is 12.4 Å². The van der Waals surface area contributed by atoms with Crippen molar-refractivity contribution < 1.29 is 23.9 Å². The number of Topliss-reactive ketones (excluding diaryl/α,β-unsaturated/α-hetero) is 1. The summed E-state index contributed by atoms with van der Waals surface area (Å²) in [6, 6.07) is 3.38. The van der Waals surface area contributed by atoms with Gasteiger partial charge in [0, 0.05) is 19.0 Å². The molecule has 0 aliphatic carbocycles. The summed E-state index contributed by atoms with van der Waals surface area (Å²) in [5.41, 5.74) is 1.81. The van der Waals surface area contributed by atoms with Crippen LogP contribution in [0.3, 0.4) is 0 Å². The number of anilines is 1. The number of ketones is 1. The third-order valence-corrected chi connectivity index (χ3v) is 3.48. The number of benzene rings is 1. The quantitative estimate of drug-likeness (QED) is 0.620. The zero-order chi connectivity index (χ0) is 15.6. The third-order valence-electron chi connectivity index (χ3n) is 3.48. The number of rotatable bonds is 4. The van der Waals surface area contributed by atoms with Crippen molar-refractivity contribution in [3.05, 3.63) is 23.3 Å². The fourth-order valence-electron chi connectivity index (χ4n) is 2.17. The Morgan fingerprint density at radius 1 is 1.33 bits per heavy atom. The molecule has 112 valence electrons. The molecule has 1 aliphatic heterocycles. The van der Waals surface area contributed by atoms with Crippen LogP contribution in [0.15, 0.2) is 12.1 Å². The number of hydrogen-bond donors (Lipinski definition) is 0. The summed E-state index contributed by atoms with van der Waals surface area (Å²) in [6.07, 6.45) is 0.113. The predicted octanol–water partition coefficient (Wildman–Crippen LogP) is 1.49. The minimum atomic E-state index is -0.422. The molecule has 1 heterocycles. The second-order valence-corrected chi connectivity index (χ2v) is 4.88. The van der Waals surface area contributed by atoms with Gasteiger partial charge in [-0.2, -0.15) is 0 Å². The number of hydrogen-bond acceptors (Lipinski definition) is 5. The number of ether oxygens (including phenoxy) is 2. The zero-order valence-corrected chi connectivity index (χ0v) is 12.3. The standard InChI is InChI=1S/C15H17NO5/c1-9-6-13-11(16(2)14(18)8-21-13)7-10(9)12(17)4-5-15(19)20-3/h6-7H,4-5,8H2,1-3H3. The summed E-state index contributed by atoms with van der Waals surface area (Å²) in [5.74, 6) is -0.167. The zero-order valence-electron chi connectivity index (χ0n) is 12.3. The molecule has 0 N–H and O–H groups in total. The molecule has 0 saturated carbocycles. The number of methoxy groups -OCH3 is 1. The summed E-state index contributed by atoms with van der Waals surface area (Å²) in [4.78, 5) is 36.4. The molecule has 21 heavy (non-hydrogen) atoms. The van der Waals surface area contributed by atoms with Gasteiger partial charge in [-0.3, -0.25) is 14.4 Å². The average molecular weight is 291 g/mol. The van der Waals surface area contributed by atoms with Crippen molar-refractivity contribution in [3.63, 3.8) is 0 Å². The van der Waals surface area contributed by atoms with Crippen LogP contribution in [0.4, 0.5) is 5.69 Å². The molecule has 0 atom stereocenters. The molecular formula is C15H17NO5. The van der Waals surface area contributed by atoms with E-state index in [1.165, 1.54) is 12.0 Å². The van der Waals surface area contributed by atoms with Gasteiger partial charge in [0.05, 0.1) is 19.2 Å². The number of amides is 1. The van der Waals surface area contributed by atoms with E-state index in [2.05, 4.69) is 4.74 Å². The number of carbonyl (C=O) groups is 3. The van der Waals surface area contributed by atoms with E-state index in [4.69, 9.17) is 4.74 Å². The first-order chi connectivity index (χ1) is 9.93. The average Bonchev–Trinajstić information content (AvgIpc) is 2.48. The van der Waals surface area contributed by atoms with E-state index in [1.54, 1.807) is 26.1 Å². The Morgan fingerprint density at radius 3 is 2.71 bits per heavy atom. The highest BCUT2D eigenvalue weighted by molar-refractivity contribution is 6.03. The molecule has 2 rings (SSSR count). The Bertz CT molecular complexity index is 608. The van der Waals surface area contributed by atoms with Crippen LogP contribution >= 0.6 is 0 Å². The molecule has 0 bridgehead atoms. The van der Waals surface area contributed by atoms with E-state index in [0.29, 0.717) is 17.0 Å². The molecule has 1 aromatic rings. The number of fused-ring (bicyclic) bond motifs is 1. The summed E-state index contributed by atoms with van der Waals surface area (Å²) in [6.45, 7) is 1.80. The lowest BCUT2D eigenvalue weighted by molar-refractivity contribution is -0.140. The van der Waals surface area contributed by atoms with Crippen LogP contribution in [0.2, 0.25) is 0 Å². The summed E-state index contributed by atoms with van der Waals surface area (Å²) < 4.78 is 9.89. The number of likely N-dealkylation sites (N-methyl/N-ethyl adjacent to an activating group) is 1. The van der Waals surface area contributed by atoms with Gasteiger partial charge in [-0.1, -0.05) is 0 Å². The highest BCUT2D eigenvalue weighted by Gasteiger charge is 2.24. The Morgan fingerprint density at radius 2 is 2.05 bits per heavy atom. The second-order valence-electron chi connectivity index (χ2n) is 4.88. The number of nitrogens with zero attached hydrogens (tertiary/aromatic N) is 1. The molecular weight excluding hydrogens is 274 g/mol. The van der Waals surface area contributed by atoms with Crippen molar-refractivity contribution in [1.29, 1.82) is 0 Å². The Labute approximate surface area is 122 Å². The van der Waals surface area contributed by atoms with Crippen LogP contribution in [-0.4, -0.2) is 38.4 Å². The van der Waals surface area contributed by atoms with Gasteiger partial charge < -0.3 is 14.4 Å². The molecule has 1 amide bonds. The minimum absolute atomic E-state index is 0.00141. The summed E-state index contributed by atoms with van der Waals surface area (Å²) in [5, 5.41) is 0. The molecule has 0 fully saturated rings. The van der Waals surface area contributed by atoms with Crippen LogP contribution in [-0.2, 0) is 14.3 Å². The Balaban J connectivity index is 2.26. The van der Waals surface area contributed by atoms with Crippen molar-refractivity contribution in [3.8, 4) is 5.75 Å². The third kappa shape index (κ3) is 3.04. The van der Waals surface area contributed by atoms with Crippen LogP contribution < -0.4 is 9.64 Å². The summed E-state index contributed by atoms with van der Waals surface area (Å²) >= 11 is 0. The number of esters is 1. The van der Waals surface area contributed by atoms with E-state index in [1.807, 2.05) is 0 Å². The van der Waals surface area contributed by atoms with Crippen molar-refractivity contribution in [2.75, 3.05) is 25.7 Å². The fourth-order valence-corrected chi connectivity index (χ4v) is 2.17. The van der Waals surface area contributed by atoms with Crippen LogP contribution in [0.5, 0.6) is 5.75 Å². The SMILES string of the molecule is COC(=O)CCC(=O)c1cc2c(cc1C)OCC(=O)N2C. The van der Waals surface area contributed by atoms with Crippen molar-refractivity contribution in [2.45, 2.75) is 19.8 Å². The molecule has 6 heteroatoms. The smallest absolute Gasteiger partial charge is 0.305 e. The Hall–Kier alpha value is -2.37. The lowest BCUT2D eigenvalue weighted by Gasteiger charge is -2.27. The molecule has 0 aromatic heterocycles. The van der Waals surface area contributed by atoms with Gasteiger partial charge in [-0.05, 0) is 24.6 Å². The second kappa shape index (κ2) is 5.95. The van der Waals surface area contributed by atoms with E-state index < -0.39 is 5.97 Å². The van der Waals surface area contributed by atoms with Crippen molar-refractivity contribution in [2.24, 2.45) is 0 Å². The topological polar surface area (TPSA) is 72.9 Å². The maximum absolute atomic E-state index is 12.2. The highest BCUT2D eigenvalue weighted by atomic mass is 16.5. The largest absolute Gasteiger partial charge is 0.482 e. The van der Waals surface area contributed by atoms with Gasteiger partial charge in [0.1, 0.15) is 5.75 Å². The molecule has 6 nitrogen and oxygen atoms in total. The molecule has 0 unspecified atom stereocenters. The fraction of sp³-hybridized carbons (Fsp3) is 0.400. The number of carbonyl (C=O) groups excluding carboxylic acids is 3. The lowest BCUT2D eigenvalue weighted by Crippen LogP contribution is -2.35. The molecule has 0 spiro atoms. The van der Waals surface area contributed by atoms with Gasteiger partial charge in [0.25, 0.3) is 5.91 Å². The van der Waals surface area contributed by atoms with Crippen molar-refractivity contribution in [1.82, 2.24) is 0 Å². The lowest BCUT2D eigenvalue weighted by atomic mass is 9.99. The van der Waals surface area contributed by atoms with Crippen LogP contribution in [0, 0.1) is 6.92 Å². The van der Waals surface area contributed by atoms with Crippen molar-refractivity contribution >= 4 is 23.3 Å². The first-order valence-corrected chi connectivity index (χ1v) is 6.58. The minimum Gasteiger partial charge on any atom is -0.482 e. The first-order valence-electron chi connectivity index (χ1n) is 6.58. The normalized spacial score (nSPS) is 13.5. The van der Waals surface area contributed by atoms with E-state index in [-0.39, 0.29) is 31.1 Å². The van der Waals surface area contributed by atoms with E-state index in [9.17, 15) is 14.4 Å². The highest BCUT2D eigenvalue weighted by Crippen LogP contribution is 2.34. The molecule has 1 aromatic carbocycles. The summed E-state index contributed by atoms with van der Waals surface area (Å²) in [7, 11) is 2.93. The van der Waals surface area contributed by atoms with E-state index >= 15 is 0 Å². The molecule has 1 aliphatic rings. The number of aryl methyl sites for hydroxylation is 1. The monoisotopic (exact) mass is 291 g/mol. The Kier molecular flexibility index (Phi) is 4.26. The maximum atomic E-state index is 12.2. The van der Waals surface area contributed by atoms with Gasteiger partial charge >= 0.3 is 5.97 Å². The molecule has 0 saturated heterocycles. The maximum Gasteiger partial charge on any atom is 0.305 e. The van der Waals surface area contributed by atoms with Gasteiger partial charge in [-0.15, -0.1) is 0 Å². The first kappa shape index (κ1) is 15.0. The van der Waals surface area contributed by atoms with Crippen LogP contribution in [0.1, 0.15) is 28.8 Å². The van der Waals surface area contributed by atoms with Gasteiger partial charge in [-0.25, -0.2) is 0 Å². The van der Waals surface area contributed by atoms with Gasteiger partial charge in [0.2, 0.25) is 0 Å². The molecule has 0 radical (unpaired) electrons.